The number of aromatic nitrogens is 4. The number of carbonyl (C=O) groups excluding carboxylic acids is 1. The van der Waals surface area contributed by atoms with Crippen molar-refractivity contribution in [2.45, 2.75) is 65.1 Å². The second-order valence-corrected chi connectivity index (χ2v) is 17.6. The van der Waals surface area contributed by atoms with Gasteiger partial charge in [-0.05, 0) is 77.8 Å². The fourth-order valence-corrected chi connectivity index (χ4v) is 9.43. The molecule has 0 atom stereocenters. The monoisotopic (exact) mass is 848 g/mol. The fourth-order valence-electron chi connectivity index (χ4n) is 6.16. The highest BCUT2D eigenvalue weighted by molar-refractivity contribution is 7.88. The van der Waals surface area contributed by atoms with E-state index in [9.17, 15) is 34.8 Å². The molecule has 0 bridgehead atoms. The van der Waals surface area contributed by atoms with Gasteiger partial charge in [-0.2, -0.15) is 34.2 Å². The molecule has 1 N–H and O–H groups in total. The molecule has 21 heteroatoms. The molecule has 4 aromatic heterocycles. The number of hydrogen-bond donors (Lipinski definition) is 1. The smallest absolute Gasteiger partial charge is 0.410 e. The summed E-state index contributed by atoms with van der Waals surface area (Å²) >= 11 is 0. The Morgan fingerprint density at radius 3 is 1.59 bits per heavy atom. The van der Waals surface area contributed by atoms with Crippen molar-refractivity contribution in [3.63, 3.8) is 0 Å². The Morgan fingerprint density at radius 1 is 0.786 bits per heavy atom. The third-order valence-corrected chi connectivity index (χ3v) is 12.4. The summed E-state index contributed by atoms with van der Waals surface area (Å²) in [6.07, 6.45) is 6.90. The standard InChI is InChI=1S/C20H26F2N4O4S.C15H18F2N4O2S.ClH/c1-20(2,3)30-19(27)24(4)12-14-13-26(31(28,29)25-10-5-6-11-25)17(16(14)21)15-8-7-9-23-18(15)22;1-18-9-11-10-21(24(22,23)20-7-2-3-8-20)14(13(11)16)12-5-4-6-19-15(12)17;/h7-9,13H,5-6,10-12H2,1-4H3;4-6,10,18H,2-3,7-9H2,1H3;1H. The quantitative estimate of drug-likeness (QED) is 0.160. The lowest BCUT2D eigenvalue weighted by molar-refractivity contribution is 0.0284. The number of amides is 1. The molecule has 308 valence electrons. The summed E-state index contributed by atoms with van der Waals surface area (Å²) in [6, 6.07) is 5.41. The molecular weight excluding hydrogens is 804 g/mol. The highest BCUT2D eigenvalue weighted by atomic mass is 35.5. The summed E-state index contributed by atoms with van der Waals surface area (Å²) in [7, 11) is -5.08. The number of ether oxygens (including phenoxy) is 1. The molecule has 2 fully saturated rings. The van der Waals surface area contributed by atoms with E-state index in [1.807, 2.05) is 0 Å². The maximum absolute atomic E-state index is 15.5. The summed E-state index contributed by atoms with van der Waals surface area (Å²) in [6.45, 7) is 6.29. The molecule has 0 aromatic carbocycles. The lowest BCUT2D eigenvalue weighted by Crippen LogP contribution is -2.34. The Labute approximate surface area is 330 Å². The number of hydrogen-bond acceptors (Lipinski definition) is 9. The van der Waals surface area contributed by atoms with Crippen LogP contribution in [-0.2, 0) is 38.2 Å². The molecule has 6 heterocycles. The molecule has 0 aliphatic carbocycles. The molecule has 0 unspecified atom stereocenters. The van der Waals surface area contributed by atoms with Crippen molar-refractivity contribution in [3.8, 4) is 22.5 Å². The van der Waals surface area contributed by atoms with Gasteiger partial charge in [-0.15, -0.1) is 12.4 Å². The summed E-state index contributed by atoms with van der Waals surface area (Å²) in [5.41, 5.74) is -1.93. The van der Waals surface area contributed by atoms with Gasteiger partial charge in [0.15, 0.2) is 11.6 Å². The van der Waals surface area contributed by atoms with E-state index in [4.69, 9.17) is 4.74 Å². The van der Waals surface area contributed by atoms with Crippen molar-refractivity contribution in [2.75, 3.05) is 40.3 Å². The van der Waals surface area contributed by atoms with Crippen LogP contribution >= 0.6 is 12.4 Å². The van der Waals surface area contributed by atoms with E-state index < -0.39 is 61.3 Å². The Morgan fingerprint density at radius 2 is 1.20 bits per heavy atom. The number of halogens is 5. The number of rotatable bonds is 10. The van der Waals surface area contributed by atoms with Crippen LogP contribution in [0.4, 0.5) is 22.4 Å². The van der Waals surface area contributed by atoms with Crippen LogP contribution in [0.1, 0.15) is 57.6 Å². The minimum atomic E-state index is -4.14. The zero-order chi connectivity index (χ0) is 40.3. The van der Waals surface area contributed by atoms with Gasteiger partial charge in [0.2, 0.25) is 11.9 Å². The van der Waals surface area contributed by atoms with Crippen LogP contribution < -0.4 is 5.32 Å². The van der Waals surface area contributed by atoms with Crippen LogP contribution in [0.3, 0.4) is 0 Å². The SMILES string of the molecule is CN(Cc1cn(S(=O)(=O)N2CCCC2)c(-c2cccnc2F)c1F)C(=O)OC(C)(C)C.CNCc1cn(S(=O)(=O)N2CCCC2)c(-c2cccnc2F)c1F.Cl. The average molecular weight is 849 g/mol. The van der Waals surface area contributed by atoms with Crippen molar-refractivity contribution in [1.29, 1.82) is 0 Å². The van der Waals surface area contributed by atoms with Gasteiger partial charge in [0.25, 0.3) is 0 Å². The van der Waals surface area contributed by atoms with Gasteiger partial charge in [-0.3, -0.25) is 0 Å². The maximum Gasteiger partial charge on any atom is 0.410 e. The van der Waals surface area contributed by atoms with Crippen molar-refractivity contribution >= 4 is 38.9 Å². The summed E-state index contributed by atoms with van der Waals surface area (Å²) in [5, 5.41) is 2.78. The van der Waals surface area contributed by atoms with E-state index in [0.717, 1.165) is 31.9 Å². The van der Waals surface area contributed by atoms with Gasteiger partial charge < -0.3 is 15.0 Å². The summed E-state index contributed by atoms with van der Waals surface area (Å²) in [4.78, 5) is 20.4. The predicted octanol–water partition coefficient (Wildman–Crippen LogP) is 5.54. The van der Waals surface area contributed by atoms with Crippen LogP contribution in [0.25, 0.3) is 22.5 Å². The number of nitrogens with zero attached hydrogens (tertiary/aromatic N) is 7. The summed E-state index contributed by atoms with van der Waals surface area (Å²) in [5.74, 6) is -3.61. The fraction of sp³-hybridized carbons (Fsp3) is 0.457. The lowest BCUT2D eigenvalue weighted by atomic mass is 10.1. The second kappa shape index (κ2) is 18.0. The van der Waals surface area contributed by atoms with E-state index >= 15 is 4.39 Å². The maximum atomic E-state index is 15.5. The molecule has 1 amide bonds. The molecule has 6 rings (SSSR count). The zero-order valence-corrected chi connectivity index (χ0v) is 34.0. The van der Waals surface area contributed by atoms with Gasteiger partial charge in [0, 0.05) is 75.7 Å². The highest BCUT2D eigenvalue weighted by Gasteiger charge is 2.35. The minimum Gasteiger partial charge on any atom is -0.444 e. The van der Waals surface area contributed by atoms with E-state index in [1.54, 1.807) is 27.8 Å². The molecule has 0 saturated carbocycles. The molecule has 4 aromatic rings. The normalized spacial score (nSPS) is 15.3. The van der Waals surface area contributed by atoms with Gasteiger partial charge in [-0.25, -0.2) is 31.5 Å². The Bertz CT molecular complexity index is 2240. The first kappa shape index (κ1) is 44.6. The zero-order valence-electron chi connectivity index (χ0n) is 31.5. The average Bonchev–Trinajstić information content (AvgIpc) is 3.95. The largest absolute Gasteiger partial charge is 0.444 e. The molecular formula is C35H45ClF4N8O6S2. The predicted molar refractivity (Wildman–Crippen MR) is 203 cm³/mol. The Hall–Kier alpha value is -4.08. The number of carbonyl (C=O) groups is 1. The molecule has 2 aliphatic heterocycles. The van der Waals surface area contributed by atoms with Crippen molar-refractivity contribution in [3.05, 3.63) is 83.7 Å². The van der Waals surface area contributed by atoms with E-state index in [-0.39, 0.29) is 53.4 Å². The van der Waals surface area contributed by atoms with Gasteiger partial charge >= 0.3 is 26.5 Å². The Balaban J connectivity index is 0.000000252. The van der Waals surface area contributed by atoms with Gasteiger partial charge in [0.1, 0.15) is 17.0 Å². The molecule has 2 aliphatic rings. The third kappa shape index (κ3) is 9.54. The highest BCUT2D eigenvalue weighted by Crippen LogP contribution is 2.33. The minimum absolute atomic E-state index is 0. The van der Waals surface area contributed by atoms with Crippen LogP contribution in [0.5, 0.6) is 0 Å². The van der Waals surface area contributed by atoms with Gasteiger partial charge in [-0.1, -0.05) is 0 Å². The van der Waals surface area contributed by atoms with E-state index in [0.29, 0.717) is 39.0 Å². The third-order valence-electron chi connectivity index (χ3n) is 8.75. The van der Waals surface area contributed by atoms with Crippen LogP contribution in [0.2, 0.25) is 0 Å². The molecule has 56 heavy (non-hydrogen) atoms. The number of nitrogens with one attached hydrogen (secondary N) is 1. The van der Waals surface area contributed by atoms with Crippen molar-refractivity contribution < 1.29 is 43.9 Å². The summed E-state index contributed by atoms with van der Waals surface area (Å²) < 4.78 is 120. The molecule has 0 spiro atoms. The molecule has 0 radical (unpaired) electrons. The van der Waals surface area contributed by atoms with Crippen LogP contribution in [0.15, 0.2) is 49.1 Å². The second-order valence-electron chi connectivity index (χ2n) is 14.0. The van der Waals surface area contributed by atoms with Crippen molar-refractivity contribution in [2.24, 2.45) is 0 Å². The lowest BCUT2D eigenvalue weighted by Gasteiger charge is -2.24. The van der Waals surface area contributed by atoms with E-state index in [2.05, 4.69) is 15.3 Å². The van der Waals surface area contributed by atoms with E-state index in [1.165, 1.54) is 58.5 Å². The topological polar surface area (TPSA) is 152 Å². The molecule has 14 nitrogen and oxygen atoms in total. The first-order chi connectivity index (χ1) is 25.9. The molecule has 2 saturated heterocycles. The number of pyridine rings is 2. The first-order valence-corrected chi connectivity index (χ1v) is 20.3. The first-order valence-electron chi connectivity index (χ1n) is 17.5. The Kier molecular flexibility index (Phi) is 14.4. The van der Waals surface area contributed by atoms with Gasteiger partial charge in [0.05, 0.1) is 17.7 Å². The van der Waals surface area contributed by atoms with Crippen LogP contribution in [-0.4, -0.2) is 100 Å². The van der Waals surface area contributed by atoms with Crippen LogP contribution in [0, 0.1) is 23.5 Å². The van der Waals surface area contributed by atoms with Crippen molar-refractivity contribution in [1.82, 2.24) is 36.7 Å².